The standard InChI is InChI=1S/C22H22ClN3O.ClH/c23-19-9-4-8-18-21(19)24-20(25-22(18)27)10-5-13-26-14-11-17(12-15-26)16-6-2-1-3-7-16;/h1-4,6-9,11H,5,10,12-15H2,(H,24,25,27);1H. The van der Waals surface area contributed by atoms with Crippen LogP contribution in [0.2, 0.25) is 5.02 Å². The molecule has 1 N–H and O–H groups in total. The van der Waals surface area contributed by atoms with Crippen molar-refractivity contribution in [1.82, 2.24) is 14.9 Å². The molecule has 28 heavy (non-hydrogen) atoms. The van der Waals surface area contributed by atoms with Crippen molar-refractivity contribution in [1.29, 1.82) is 0 Å². The second-order valence-electron chi connectivity index (χ2n) is 6.90. The van der Waals surface area contributed by atoms with E-state index in [4.69, 9.17) is 11.6 Å². The van der Waals surface area contributed by atoms with Gasteiger partial charge in [0.25, 0.3) is 5.56 Å². The van der Waals surface area contributed by atoms with Gasteiger partial charge in [-0.15, -0.1) is 12.4 Å². The van der Waals surface area contributed by atoms with Crippen molar-refractivity contribution >= 4 is 40.5 Å². The van der Waals surface area contributed by atoms with Gasteiger partial charge in [0.05, 0.1) is 15.9 Å². The van der Waals surface area contributed by atoms with E-state index in [0.717, 1.165) is 38.9 Å². The number of aromatic nitrogens is 2. The quantitative estimate of drug-likeness (QED) is 0.655. The number of aromatic amines is 1. The van der Waals surface area contributed by atoms with Gasteiger partial charge in [-0.2, -0.15) is 0 Å². The first-order chi connectivity index (χ1) is 13.2. The van der Waals surface area contributed by atoms with Crippen LogP contribution in [0.15, 0.2) is 59.4 Å². The largest absolute Gasteiger partial charge is 0.310 e. The van der Waals surface area contributed by atoms with Crippen LogP contribution in [0.1, 0.15) is 24.2 Å². The highest BCUT2D eigenvalue weighted by Gasteiger charge is 2.13. The van der Waals surface area contributed by atoms with Gasteiger partial charge < -0.3 is 4.98 Å². The molecule has 0 unspecified atom stereocenters. The predicted molar refractivity (Wildman–Crippen MR) is 118 cm³/mol. The molecule has 3 aromatic rings. The van der Waals surface area contributed by atoms with Crippen LogP contribution in [0.3, 0.4) is 0 Å². The van der Waals surface area contributed by atoms with Crippen molar-refractivity contribution < 1.29 is 0 Å². The van der Waals surface area contributed by atoms with Gasteiger partial charge in [-0.3, -0.25) is 9.69 Å². The third-order valence-corrected chi connectivity index (χ3v) is 5.37. The fourth-order valence-electron chi connectivity index (χ4n) is 3.59. The summed E-state index contributed by atoms with van der Waals surface area (Å²) in [5, 5.41) is 1.07. The zero-order chi connectivity index (χ0) is 18.6. The normalized spacial score (nSPS) is 14.5. The first-order valence-corrected chi connectivity index (χ1v) is 9.73. The summed E-state index contributed by atoms with van der Waals surface area (Å²) in [5.74, 6) is 0.707. The number of hydrogen-bond donors (Lipinski definition) is 1. The van der Waals surface area contributed by atoms with E-state index in [1.165, 1.54) is 11.1 Å². The number of hydrogen-bond acceptors (Lipinski definition) is 3. The van der Waals surface area contributed by atoms with Crippen LogP contribution in [-0.2, 0) is 6.42 Å². The molecule has 1 aliphatic rings. The molecular weight excluding hydrogens is 393 g/mol. The molecule has 0 saturated carbocycles. The minimum atomic E-state index is -0.120. The summed E-state index contributed by atoms with van der Waals surface area (Å²) in [6.45, 7) is 3.02. The van der Waals surface area contributed by atoms with Gasteiger partial charge in [-0.1, -0.05) is 54.1 Å². The second kappa shape index (κ2) is 9.37. The minimum absolute atomic E-state index is 0. The van der Waals surface area contributed by atoms with Gasteiger partial charge in [-0.05, 0) is 42.7 Å². The number of benzene rings is 2. The number of para-hydroxylation sites is 1. The number of halogens is 2. The molecule has 146 valence electrons. The van der Waals surface area contributed by atoms with Crippen molar-refractivity contribution in [2.24, 2.45) is 0 Å². The molecule has 0 saturated heterocycles. The van der Waals surface area contributed by atoms with Crippen LogP contribution in [0.25, 0.3) is 16.5 Å². The average Bonchev–Trinajstić information content (AvgIpc) is 2.70. The molecule has 4 nitrogen and oxygen atoms in total. The molecule has 2 heterocycles. The third kappa shape index (κ3) is 4.64. The summed E-state index contributed by atoms with van der Waals surface area (Å²) in [4.78, 5) is 22.1. The van der Waals surface area contributed by atoms with Gasteiger partial charge in [0.2, 0.25) is 0 Å². The Kier molecular flexibility index (Phi) is 6.89. The SMILES string of the molecule is Cl.O=c1[nH]c(CCCN2CC=C(c3ccccc3)CC2)nc2c(Cl)cccc12. The zero-order valence-corrected chi connectivity index (χ0v) is 17.1. The van der Waals surface area contributed by atoms with Gasteiger partial charge >= 0.3 is 0 Å². The van der Waals surface area contributed by atoms with Crippen molar-refractivity contribution in [3.05, 3.63) is 81.4 Å². The number of aryl methyl sites for hydroxylation is 1. The summed E-state index contributed by atoms with van der Waals surface area (Å²) in [6.07, 6.45) is 5.09. The van der Waals surface area contributed by atoms with E-state index in [9.17, 15) is 4.79 Å². The van der Waals surface area contributed by atoms with Crippen LogP contribution in [0, 0.1) is 0 Å². The smallest absolute Gasteiger partial charge is 0.258 e. The van der Waals surface area contributed by atoms with E-state index in [-0.39, 0.29) is 18.0 Å². The maximum absolute atomic E-state index is 12.2. The first kappa shape index (κ1) is 20.6. The Labute approximate surface area is 175 Å². The fraction of sp³-hybridized carbons (Fsp3) is 0.273. The average molecular weight is 416 g/mol. The molecule has 0 amide bonds. The fourth-order valence-corrected chi connectivity index (χ4v) is 3.81. The Hall–Kier alpha value is -2.14. The second-order valence-corrected chi connectivity index (χ2v) is 7.31. The first-order valence-electron chi connectivity index (χ1n) is 9.35. The van der Waals surface area contributed by atoms with Crippen molar-refractivity contribution in [3.8, 4) is 0 Å². The molecule has 0 spiro atoms. The summed E-state index contributed by atoms with van der Waals surface area (Å²) < 4.78 is 0. The van der Waals surface area contributed by atoms with Gasteiger partial charge in [0.15, 0.2) is 0 Å². The van der Waals surface area contributed by atoms with Crippen LogP contribution in [0.4, 0.5) is 0 Å². The highest BCUT2D eigenvalue weighted by atomic mass is 35.5. The van der Waals surface area contributed by atoms with E-state index in [1.807, 2.05) is 0 Å². The predicted octanol–water partition coefficient (Wildman–Crippen LogP) is 4.72. The Balaban J connectivity index is 0.00000225. The number of nitrogens with one attached hydrogen (secondary N) is 1. The number of fused-ring (bicyclic) bond motifs is 1. The zero-order valence-electron chi connectivity index (χ0n) is 15.5. The number of H-pyrrole nitrogens is 1. The van der Waals surface area contributed by atoms with E-state index in [1.54, 1.807) is 18.2 Å². The topological polar surface area (TPSA) is 49.0 Å². The summed E-state index contributed by atoms with van der Waals surface area (Å²) in [6, 6.07) is 15.9. The minimum Gasteiger partial charge on any atom is -0.310 e. The Bertz CT molecular complexity index is 1030. The Morgan fingerprint density at radius 3 is 2.68 bits per heavy atom. The molecule has 1 aliphatic heterocycles. The molecule has 0 aliphatic carbocycles. The lowest BCUT2D eigenvalue weighted by molar-refractivity contribution is 0.297. The highest BCUT2D eigenvalue weighted by Crippen LogP contribution is 2.22. The van der Waals surface area contributed by atoms with Crippen molar-refractivity contribution in [2.45, 2.75) is 19.3 Å². The maximum atomic E-state index is 12.2. The molecular formula is C22H23Cl2N3O. The van der Waals surface area contributed by atoms with Crippen LogP contribution < -0.4 is 5.56 Å². The van der Waals surface area contributed by atoms with Crippen LogP contribution >= 0.6 is 24.0 Å². The molecule has 0 atom stereocenters. The Morgan fingerprint density at radius 1 is 1.11 bits per heavy atom. The maximum Gasteiger partial charge on any atom is 0.258 e. The van der Waals surface area contributed by atoms with Gasteiger partial charge in [-0.25, -0.2) is 4.98 Å². The lowest BCUT2D eigenvalue weighted by Crippen LogP contribution is -2.30. The van der Waals surface area contributed by atoms with E-state index < -0.39 is 0 Å². The molecule has 4 rings (SSSR count). The number of nitrogens with zero attached hydrogens (tertiary/aromatic N) is 2. The lowest BCUT2D eigenvalue weighted by Gasteiger charge is -2.26. The van der Waals surface area contributed by atoms with E-state index in [2.05, 4.69) is 51.3 Å². The highest BCUT2D eigenvalue weighted by molar-refractivity contribution is 6.34. The summed E-state index contributed by atoms with van der Waals surface area (Å²) >= 11 is 6.19. The molecule has 6 heteroatoms. The monoisotopic (exact) mass is 415 g/mol. The number of rotatable bonds is 5. The summed E-state index contributed by atoms with van der Waals surface area (Å²) in [5.41, 5.74) is 3.23. The van der Waals surface area contributed by atoms with E-state index >= 15 is 0 Å². The van der Waals surface area contributed by atoms with Gasteiger partial charge in [0.1, 0.15) is 5.82 Å². The lowest BCUT2D eigenvalue weighted by atomic mass is 9.99. The molecule has 0 radical (unpaired) electrons. The van der Waals surface area contributed by atoms with Crippen molar-refractivity contribution in [2.75, 3.05) is 19.6 Å². The summed E-state index contributed by atoms with van der Waals surface area (Å²) in [7, 11) is 0. The molecule has 1 aromatic heterocycles. The third-order valence-electron chi connectivity index (χ3n) is 5.06. The van der Waals surface area contributed by atoms with Crippen molar-refractivity contribution in [3.63, 3.8) is 0 Å². The van der Waals surface area contributed by atoms with E-state index in [0.29, 0.717) is 21.7 Å². The van der Waals surface area contributed by atoms with Crippen LogP contribution in [0.5, 0.6) is 0 Å². The molecule has 0 bridgehead atoms. The Morgan fingerprint density at radius 2 is 1.93 bits per heavy atom. The van der Waals surface area contributed by atoms with Crippen LogP contribution in [-0.4, -0.2) is 34.5 Å². The van der Waals surface area contributed by atoms with Gasteiger partial charge in [0, 0.05) is 19.5 Å². The molecule has 2 aromatic carbocycles. The molecule has 0 fully saturated rings.